The summed E-state index contributed by atoms with van der Waals surface area (Å²) in [5.41, 5.74) is 2.10. The molecule has 1 aliphatic heterocycles. The average molecular weight is 488 g/mol. The second kappa shape index (κ2) is 8.85. The zero-order valence-electron chi connectivity index (χ0n) is 16.8. The lowest BCUT2D eigenvalue weighted by molar-refractivity contribution is -0.113. The molecule has 0 aliphatic carbocycles. The van der Waals surface area contributed by atoms with Gasteiger partial charge in [0.25, 0.3) is 15.9 Å². The SMILES string of the molecule is Cc1ccc(NC(=O)c2ccc3c(c2)NC(=O)CS3)cc1S(=O)(=O)Nc1cccc(Cl)c1. The molecule has 0 saturated carbocycles. The van der Waals surface area contributed by atoms with Crippen LogP contribution in [-0.4, -0.2) is 26.0 Å². The van der Waals surface area contributed by atoms with Crippen molar-refractivity contribution >= 4 is 62.3 Å². The van der Waals surface area contributed by atoms with Gasteiger partial charge in [-0.15, -0.1) is 11.8 Å². The lowest BCUT2D eigenvalue weighted by atomic mass is 10.1. The third-order valence-electron chi connectivity index (χ3n) is 4.69. The largest absolute Gasteiger partial charge is 0.324 e. The number of hydrogen-bond donors (Lipinski definition) is 3. The summed E-state index contributed by atoms with van der Waals surface area (Å²) in [6.07, 6.45) is 0. The zero-order chi connectivity index (χ0) is 22.9. The van der Waals surface area contributed by atoms with Crippen LogP contribution in [0.1, 0.15) is 15.9 Å². The molecule has 0 aromatic heterocycles. The average Bonchev–Trinajstić information content (AvgIpc) is 2.74. The van der Waals surface area contributed by atoms with Gasteiger partial charge in [0.1, 0.15) is 0 Å². The molecule has 0 fully saturated rings. The predicted molar refractivity (Wildman–Crippen MR) is 127 cm³/mol. The molecule has 0 atom stereocenters. The van der Waals surface area contributed by atoms with Gasteiger partial charge in [-0.2, -0.15) is 0 Å². The minimum Gasteiger partial charge on any atom is -0.324 e. The first-order valence-corrected chi connectivity index (χ1v) is 12.3. The van der Waals surface area contributed by atoms with Crippen molar-refractivity contribution in [3.63, 3.8) is 0 Å². The molecule has 3 aromatic carbocycles. The first kappa shape index (κ1) is 22.2. The number of hydrogen-bond acceptors (Lipinski definition) is 5. The van der Waals surface area contributed by atoms with Crippen LogP contribution in [0.15, 0.2) is 70.5 Å². The van der Waals surface area contributed by atoms with E-state index >= 15 is 0 Å². The number of fused-ring (bicyclic) bond motifs is 1. The van der Waals surface area contributed by atoms with Crippen molar-refractivity contribution in [2.75, 3.05) is 21.1 Å². The quantitative estimate of drug-likeness (QED) is 0.482. The van der Waals surface area contributed by atoms with Crippen LogP contribution in [0.2, 0.25) is 5.02 Å². The molecule has 0 saturated heterocycles. The van der Waals surface area contributed by atoms with Gasteiger partial charge in [-0.05, 0) is 61.0 Å². The van der Waals surface area contributed by atoms with Crippen molar-refractivity contribution in [1.82, 2.24) is 0 Å². The Bertz CT molecular complexity index is 1340. The number of nitrogens with one attached hydrogen (secondary N) is 3. The first-order chi connectivity index (χ1) is 15.2. The number of rotatable bonds is 5. The summed E-state index contributed by atoms with van der Waals surface area (Å²) in [6.45, 7) is 1.67. The molecule has 2 amide bonds. The van der Waals surface area contributed by atoms with E-state index in [0.29, 0.717) is 39.0 Å². The van der Waals surface area contributed by atoms with Gasteiger partial charge in [0.05, 0.1) is 22.0 Å². The molecule has 32 heavy (non-hydrogen) atoms. The van der Waals surface area contributed by atoms with Gasteiger partial charge in [-0.1, -0.05) is 23.7 Å². The number of halogens is 1. The molecule has 7 nitrogen and oxygen atoms in total. The monoisotopic (exact) mass is 487 g/mol. The lowest BCUT2D eigenvalue weighted by Gasteiger charge is -2.17. The maximum absolute atomic E-state index is 12.9. The van der Waals surface area contributed by atoms with Crippen LogP contribution in [-0.2, 0) is 14.8 Å². The molecular weight excluding hydrogens is 470 g/mol. The highest BCUT2D eigenvalue weighted by Crippen LogP contribution is 2.32. The molecule has 3 aromatic rings. The van der Waals surface area contributed by atoms with Crippen molar-refractivity contribution in [3.8, 4) is 0 Å². The lowest BCUT2D eigenvalue weighted by Crippen LogP contribution is -2.20. The van der Waals surface area contributed by atoms with Gasteiger partial charge in [-0.3, -0.25) is 14.3 Å². The van der Waals surface area contributed by atoms with Gasteiger partial charge < -0.3 is 10.6 Å². The number of carbonyl (C=O) groups excluding carboxylic acids is 2. The van der Waals surface area contributed by atoms with Crippen LogP contribution in [0.4, 0.5) is 17.1 Å². The molecule has 0 unspecified atom stereocenters. The second-order valence-electron chi connectivity index (χ2n) is 7.10. The standard InChI is InChI=1S/C22H18ClN3O4S2/c1-13-5-7-16(11-20(13)32(29,30)26-17-4-2-3-15(23)10-17)24-22(28)14-6-8-19-18(9-14)25-21(27)12-31-19/h2-11,26H,12H2,1H3,(H,24,28)(H,25,27). The summed E-state index contributed by atoms with van der Waals surface area (Å²) in [4.78, 5) is 25.3. The number of benzene rings is 3. The Labute approximate surface area is 194 Å². The van der Waals surface area contributed by atoms with E-state index in [1.54, 1.807) is 55.5 Å². The molecular formula is C22H18ClN3O4S2. The summed E-state index contributed by atoms with van der Waals surface area (Å²) >= 11 is 7.34. The Kier molecular flexibility index (Phi) is 6.14. The fraction of sp³-hybridized carbons (Fsp3) is 0.0909. The third kappa shape index (κ3) is 4.90. The normalized spacial score (nSPS) is 13.1. The van der Waals surface area contributed by atoms with E-state index in [2.05, 4.69) is 15.4 Å². The maximum Gasteiger partial charge on any atom is 0.262 e. The number of thioether (sulfide) groups is 1. The highest BCUT2D eigenvalue weighted by atomic mass is 35.5. The summed E-state index contributed by atoms with van der Waals surface area (Å²) in [5.74, 6) is -0.212. The molecule has 0 spiro atoms. The topological polar surface area (TPSA) is 104 Å². The molecule has 0 bridgehead atoms. The second-order valence-corrected chi connectivity index (χ2v) is 10.2. The Morgan fingerprint density at radius 2 is 1.88 bits per heavy atom. The molecule has 1 heterocycles. The fourth-order valence-electron chi connectivity index (χ4n) is 3.16. The van der Waals surface area contributed by atoms with Gasteiger partial charge >= 0.3 is 0 Å². The predicted octanol–water partition coefficient (Wildman–Crippen LogP) is 4.75. The minimum atomic E-state index is -3.91. The number of aryl methyl sites for hydroxylation is 1. The van der Waals surface area contributed by atoms with Crippen molar-refractivity contribution in [3.05, 3.63) is 76.8 Å². The molecule has 164 valence electrons. The van der Waals surface area contributed by atoms with Crippen LogP contribution < -0.4 is 15.4 Å². The summed E-state index contributed by atoms with van der Waals surface area (Å²) in [7, 11) is -3.91. The van der Waals surface area contributed by atoms with Crippen LogP contribution in [0.25, 0.3) is 0 Å². The van der Waals surface area contributed by atoms with Crippen molar-refractivity contribution < 1.29 is 18.0 Å². The molecule has 3 N–H and O–H groups in total. The molecule has 0 radical (unpaired) electrons. The zero-order valence-corrected chi connectivity index (χ0v) is 19.2. The van der Waals surface area contributed by atoms with E-state index in [1.165, 1.54) is 23.9 Å². The van der Waals surface area contributed by atoms with E-state index in [-0.39, 0.29) is 10.8 Å². The summed E-state index contributed by atoms with van der Waals surface area (Å²) in [5, 5.41) is 5.87. The highest BCUT2D eigenvalue weighted by Gasteiger charge is 2.20. The van der Waals surface area contributed by atoms with Crippen LogP contribution in [0.5, 0.6) is 0 Å². The first-order valence-electron chi connectivity index (χ1n) is 9.48. The van der Waals surface area contributed by atoms with E-state index < -0.39 is 15.9 Å². The fourth-order valence-corrected chi connectivity index (χ4v) is 5.46. The molecule has 1 aliphatic rings. The smallest absolute Gasteiger partial charge is 0.262 e. The van der Waals surface area contributed by atoms with Crippen molar-refractivity contribution in [2.45, 2.75) is 16.7 Å². The number of carbonyl (C=O) groups is 2. The minimum absolute atomic E-state index is 0.0318. The van der Waals surface area contributed by atoms with Gasteiger partial charge in [0.15, 0.2) is 0 Å². The van der Waals surface area contributed by atoms with Crippen LogP contribution in [0, 0.1) is 6.92 Å². The Morgan fingerprint density at radius 3 is 2.66 bits per heavy atom. The van der Waals surface area contributed by atoms with E-state index in [9.17, 15) is 18.0 Å². The molecule has 10 heteroatoms. The van der Waals surface area contributed by atoms with Crippen molar-refractivity contribution in [1.29, 1.82) is 0 Å². The van der Waals surface area contributed by atoms with Gasteiger partial charge in [0, 0.05) is 21.2 Å². The Balaban J connectivity index is 1.57. The Morgan fingerprint density at radius 1 is 1.06 bits per heavy atom. The van der Waals surface area contributed by atoms with Gasteiger partial charge in [0.2, 0.25) is 5.91 Å². The van der Waals surface area contributed by atoms with Crippen LogP contribution >= 0.6 is 23.4 Å². The summed E-state index contributed by atoms with van der Waals surface area (Å²) in [6, 6.07) is 16.1. The molecule has 4 rings (SSSR count). The number of sulfonamides is 1. The van der Waals surface area contributed by atoms with Gasteiger partial charge in [-0.25, -0.2) is 8.42 Å². The summed E-state index contributed by atoms with van der Waals surface area (Å²) < 4.78 is 28.3. The number of amides is 2. The maximum atomic E-state index is 12.9. The van der Waals surface area contributed by atoms with Crippen molar-refractivity contribution in [2.24, 2.45) is 0 Å². The highest BCUT2D eigenvalue weighted by molar-refractivity contribution is 8.00. The van der Waals surface area contributed by atoms with E-state index in [1.807, 2.05) is 0 Å². The third-order valence-corrected chi connectivity index (χ3v) is 7.52. The van der Waals surface area contributed by atoms with Crippen LogP contribution in [0.3, 0.4) is 0 Å². The Hall–Kier alpha value is -3.01. The van der Waals surface area contributed by atoms with E-state index in [4.69, 9.17) is 11.6 Å². The number of anilines is 3. The van der Waals surface area contributed by atoms with E-state index in [0.717, 1.165) is 4.90 Å².